The van der Waals surface area contributed by atoms with Gasteiger partial charge in [-0.1, -0.05) is 128 Å². The second-order valence-electron chi connectivity index (χ2n) is 13.9. The van der Waals surface area contributed by atoms with E-state index in [0.717, 1.165) is 19.3 Å². The Morgan fingerprint density at radius 2 is 0.804 bits per heavy atom. The summed E-state index contributed by atoms with van der Waals surface area (Å²) in [7, 11) is 0. The van der Waals surface area contributed by atoms with Gasteiger partial charge < -0.3 is 4.90 Å². The van der Waals surface area contributed by atoms with E-state index >= 15 is 0 Å². The summed E-state index contributed by atoms with van der Waals surface area (Å²) >= 11 is 0. The van der Waals surface area contributed by atoms with E-state index in [1.807, 2.05) is 0 Å². The molecular formula is C50H37N. The van der Waals surface area contributed by atoms with Gasteiger partial charge in [-0.3, -0.25) is 0 Å². The molecule has 0 N–H and O–H groups in total. The third kappa shape index (κ3) is 4.92. The van der Waals surface area contributed by atoms with Crippen molar-refractivity contribution in [2.75, 3.05) is 4.90 Å². The van der Waals surface area contributed by atoms with E-state index in [4.69, 9.17) is 0 Å². The van der Waals surface area contributed by atoms with E-state index in [1.165, 1.54) is 101 Å². The first-order valence-corrected chi connectivity index (χ1v) is 18.2. The van der Waals surface area contributed by atoms with Crippen LogP contribution < -0.4 is 4.90 Å². The predicted molar refractivity (Wildman–Crippen MR) is 216 cm³/mol. The topological polar surface area (TPSA) is 3.24 Å². The Morgan fingerprint density at radius 1 is 0.431 bits per heavy atom. The number of nitrogens with zero attached hydrogens (tertiary/aromatic N) is 1. The average molecular weight is 652 g/mol. The molecule has 0 spiro atoms. The zero-order chi connectivity index (χ0) is 33.9. The van der Waals surface area contributed by atoms with Crippen LogP contribution in [0, 0.1) is 0 Å². The first-order valence-electron chi connectivity index (χ1n) is 18.2. The van der Waals surface area contributed by atoms with Crippen LogP contribution in [0.1, 0.15) is 57.0 Å². The minimum atomic E-state index is 0.974. The molecule has 1 heteroatoms. The summed E-state index contributed by atoms with van der Waals surface area (Å²) in [6, 6.07) is 58.6. The van der Waals surface area contributed by atoms with Crippen molar-refractivity contribution >= 4 is 40.4 Å². The van der Waals surface area contributed by atoms with Crippen molar-refractivity contribution in [3.8, 4) is 22.3 Å². The molecule has 0 amide bonds. The van der Waals surface area contributed by atoms with Crippen LogP contribution in [0.3, 0.4) is 0 Å². The minimum absolute atomic E-state index is 0.974. The van der Waals surface area contributed by atoms with Gasteiger partial charge in [-0.25, -0.2) is 0 Å². The van der Waals surface area contributed by atoms with Gasteiger partial charge in [-0.15, -0.1) is 0 Å². The number of aryl methyl sites for hydroxylation is 3. The molecule has 0 radical (unpaired) electrons. The van der Waals surface area contributed by atoms with E-state index in [9.17, 15) is 0 Å². The molecule has 1 heterocycles. The van der Waals surface area contributed by atoms with E-state index < -0.39 is 0 Å². The summed E-state index contributed by atoms with van der Waals surface area (Å²) in [6.07, 6.45) is 7.77. The maximum Gasteiger partial charge on any atom is 0.0494 e. The number of hydrogen-bond donors (Lipinski definition) is 0. The minimum Gasteiger partial charge on any atom is -0.310 e. The molecule has 1 aliphatic heterocycles. The Hall–Kier alpha value is -6.18. The molecule has 0 saturated heterocycles. The SMILES string of the molecule is CCc1ccc(N2c3ccc(C=C4c5ccccc5-c5ccccc54)cc3CCc3cc(C=C4c5ccccc5-c5ccccc54)ccc32)cc1. The lowest BCUT2D eigenvalue weighted by Crippen LogP contribution is -2.12. The van der Waals surface area contributed by atoms with Gasteiger partial charge in [0.1, 0.15) is 0 Å². The molecule has 0 saturated carbocycles. The molecule has 10 rings (SSSR count). The number of rotatable bonds is 4. The molecule has 242 valence electrons. The molecule has 0 fully saturated rings. The summed E-state index contributed by atoms with van der Waals surface area (Å²) < 4.78 is 0. The lowest BCUT2D eigenvalue weighted by Gasteiger charge is -2.28. The second kappa shape index (κ2) is 12.0. The highest BCUT2D eigenvalue weighted by molar-refractivity contribution is 6.07. The van der Waals surface area contributed by atoms with Crippen LogP contribution in [-0.2, 0) is 19.3 Å². The Labute approximate surface area is 300 Å². The van der Waals surface area contributed by atoms with Crippen molar-refractivity contribution in [1.29, 1.82) is 0 Å². The van der Waals surface area contributed by atoms with Gasteiger partial charge in [0, 0.05) is 17.1 Å². The van der Waals surface area contributed by atoms with Crippen LogP contribution in [0.2, 0.25) is 0 Å². The van der Waals surface area contributed by atoms with Crippen LogP contribution in [0.4, 0.5) is 17.1 Å². The zero-order valence-electron chi connectivity index (χ0n) is 28.7. The Kier molecular flexibility index (Phi) is 6.99. The Bertz CT molecular complexity index is 2310. The second-order valence-corrected chi connectivity index (χ2v) is 13.9. The van der Waals surface area contributed by atoms with Gasteiger partial charge in [0.2, 0.25) is 0 Å². The summed E-state index contributed by atoms with van der Waals surface area (Å²) in [6.45, 7) is 2.22. The van der Waals surface area contributed by atoms with Crippen molar-refractivity contribution < 1.29 is 0 Å². The molecule has 7 aromatic carbocycles. The van der Waals surface area contributed by atoms with Crippen LogP contribution in [0.25, 0.3) is 45.6 Å². The smallest absolute Gasteiger partial charge is 0.0494 e. The molecular weight excluding hydrogens is 615 g/mol. The fourth-order valence-corrected chi connectivity index (χ4v) is 8.53. The molecule has 1 nitrogen and oxygen atoms in total. The fourth-order valence-electron chi connectivity index (χ4n) is 8.53. The van der Waals surface area contributed by atoms with Crippen molar-refractivity contribution in [3.63, 3.8) is 0 Å². The Morgan fingerprint density at radius 3 is 1.18 bits per heavy atom. The molecule has 2 aliphatic carbocycles. The van der Waals surface area contributed by atoms with Crippen molar-refractivity contribution in [2.45, 2.75) is 26.2 Å². The zero-order valence-corrected chi connectivity index (χ0v) is 28.7. The monoisotopic (exact) mass is 651 g/mol. The lowest BCUT2D eigenvalue weighted by atomic mass is 9.97. The van der Waals surface area contributed by atoms with E-state index in [1.54, 1.807) is 0 Å². The molecule has 3 aliphatic rings. The van der Waals surface area contributed by atoms with Crippen molar-refractivity contribution in [3.05, 3.63) is 208 Å². The highest BCUT2D eigenvalue weighted by Gasteiger charge is 2.26. The standard InChI is InChI=1S/C50H37N/c1-2-33-19-25-38(26-20-33)51-49-27-21-34(31-47-43-15-7-3-11-39(43)40-12-4-8-16-44(40)47)29-36(49)23-24-37-30-35(22-28-50(37)51)32-48-45-17-9-5-13-41(45)42-14-6-10-18-46(42)48/h3-22,25-32H,2,23-24H2,1H3. The first kappa shape index (κ1) is 29.7. The third-order valence-electron chi connectivity index (χ3n) is 11.0. The van der Waals surface area contributed by atoms with Gasteiger partial charge in [-0.05, 0) is 151 Å². The van der Waals surface area contributed by atoms with Crippen LogP contribution in [0.5, 0.6) is 0 Å². The highest BCUT2D eigenvalue weighted by atomic mass is 15.1. The predicted octanol–water partition coefficient (Wildman–Crippen LogP) is 13.0. The number of hydrogen-bond acceptors (Lipinski definition) is 1. The first-order chi connectivity index (χ1) is 25.2. The van der Waals surface area contributed by atoms with E-state index in [2.05, 4.69) is 182 Å². The van der Waals surface area contributed by atoms with Crippen LogP contribution in [0.15, 0.2) is 158 Å². The summed E-state index contributed by atoms with van der Waals surface area (Å²) in [5.41, 5.74) is 23.4. The molecule has 0 aromatic heterocycles. The summed E-state index contributed by atoms with van der Waals surface area (Å²) in [5, 5.41) is 0. The van der Waals surface area contributed by atoms with E-state index in [-0.39, 0.29) is 0 Å². The average Bonchev–Trinajstić information content (AvgIpc) is 3.61. The third-order valence-corrected chi connectivity index (χ3v) is 11.0. The largest absolute Gasteiger partial charge is 0.310 e. The maximum atomic E-state index is 2.49. The number of benzene rings is 7. The quantitative estimate of drug-likeness (QED) is 0.183. The van der Waals surface area contributed by atoms with Gasteiger partial charge in [0.05, 0.1) is 0 Å². The van der Waals surface area contributed by atoms with Gasteiger partial charge >= 0.3 is 0 Å². The maximum absolute atomic E-state index is 2.49. The number of fused-ring (bicyclic) bond motifs is 8. The van der Waals surface area contributed by atoms with Crippen LogP contribution >= 0.6 is 0 Å². The fraction of sp³-hybridized carbons (Fsp3) is 0.0800. The van der Waals surface area contributed by atoms with Gasteiger partial charge in [0.15, 0.2) is 0 Å². The molecule has 0 unspecified atom stereocenters. The van der Waals surface area contributed by atoms with Crippen LogP contribution in [-0.4, -0.2) is 0 Å². The molecule has 51 heavy (non-hydrogen) atoms. The molecule has 7 aromatic rings. The number of anilines is 3. The lowest BCUT2D eigenvalue weighted by molar-refractivity contribution is 0.976. The Balaban J connectivity index is 1.08. The summed E-state index contributed by atoms with van der Waals surface area (Å²) in [4.78, 5) is 2.49. The van der Waals surface area contributed by atoms with Crippen molar-refractivity contribution in [2.24, 2.45) is 0 Å². The van der Waals surface area contributed by atoms with E-state index in [0.29, 0.717) is 0 Å². The van der Waals surface area contributed by atoms with Crippen molar-refractivity contribution in [1.82, 2.24) is 0 Å². The summed E-state index contributed by atoms with van der Waals surface area (Å²) in [5.74, 6) is 0. The normalized spacial score (nSPS) is 13.4. The van der Waals surface area contributed by atoms with Gasteiger partial charge in [0.25, 0.3) is 0 Å². The molecule has 0 bridgehead atoms. The van der Waals surface area contributed by atoms with Gasteiger partial charge in [-0.2, -0.15) is 0 Å². The molecule has 0 atom stereocenters. The highest BCUT2D eigenvalue weighted by Crippen LogP contribution is 2.48.